The van der Waals surface area contributed by atoms with E-state index in [-0.39, 0.29) is 23.3 Å². The summed E-state index contributed by atoms with van der Waals surface area (Å²) in [5, 5.41) is 3.35. The zero-order valence-corrected chi connectivity index (χ0v) is 18.1. The Balaban J connectivity index is 2.15. The summed E-state index contributed by atoms with van der Waals surface area (Å²) in [5.74, 6) is -0.666. The van der Waals surface area contributed by atoms with E-state index in [1.54, 1.807) is 0 Å². The molecule has 1 aromatic rings. The lowest BCUT2D eigenvalue weighted by molar-refractivity contribution is -0.143. The maximum Gasteiger partial charge on any atom is 0.337 e. The van der Waals surface area contributed by atoms with Crippen molar-refractivity contribution >= 4 is 27.7 Å². The van der Waals surface area contributed by atoms with Crippen molar-refractivity contribution in [1.82, 2.24) is 5.32 Å². The molecule has 0 bridgehead atoms. The molecule has 2 aliphatic rings. The van der Waals surface area contributed by atoms with E-state index < -0.39 is 5.92 Å². The van der Waals surface area contributed by atoms with Crippen molar-refractivity contribution in [2.24, 2.45) is 5.41 Å². The molecular formula is C22H26BrNO3. The van der Waals surface area contributed by atoms with Crippen LogP contribution in [0.25, 0.3) is 0 Å². The number of rotatable bonds is 3. The Labute approximate surface area is 169 Å². The minimum absolute atomic E-state index is 0.0938. The number of allylic oxidation sites excluding steroid dienone is 3. The van der Waals surface area contributed by atoms with Gasteiger partial charge in [-0.1, -0.05) is 41.9 Å². The van der Waals surface area contributed by atoms with Gasteiger partial charge in [0.15, 0.2) is 5.78 Å². The van der Waals surface area contributed by atoms with E-state index in [0.29, 0.717) is 17.6 Å². The van der Waals surface area contributed by atoms with Crippen LogP contribution in [0.2, 0.25) is 0 Å². The van der Waals surface area contributed by atoms with E-state index in [4.69, 9.17) is 4.74 Å². The van der Waals surface area contributed by atoms with Crippen LogP contribution in [0.4, 0.5) is 0 Å². The second-order valence-electron chi connectivity index (χ2n) is 8.44. The summed E-state index contributed by atoms with van der Waals surface area (Å²) >= 11 is 3.46. The number of hydrogen-bond donors (Lipinski definition) is 1. The third-order valence-corrected chi connectivity index (χ3v) is 5.53. The van der Waals surface area contributed by atoms with E-state index in [0.717, 1.165) is 27.9 Å². The first-order chi connectivity index (χ1) is 12.6. The molecule has 1 aromatic carbocycles. The number of carbonyl (C=O) groups is 2. The topological polar surface area (TPSA) is 55.4 Å². The SMILES string of the molecule is CC1=C(C(=O)OC(C)C)C(c2ccc(Br)cc2)C2=C(CC(C)(C)CC2=O)N1. The first kappa shape index (κ1) is 19.9. The van der Waals surface area contributed by atoms with Gasteiger partial charge in [0.2, 0.25) is 0 Å². The van der Waals surface area contributed by atoms with E-state index >= 15 is 0 Å². The maximum atomic E-state index is 13.1. The van der Waals surface area contributed by atoms with E-state index in [2.05, 4.69) is 35.1 Å². The largest absolute Gasteiger partial charge is 0.460 e. The quantitative estimate of drug-likeness (QED) is 0.683. The van der Waals surface area contributed by atoms with Crippen molar-refractivity contribution in [1.29, 1.82) is 0 Å². The number of ketones is 1. The van der Waals surface area contributed by atoms with Crippen molar-refractivity contribution in [2.45, 2.75) is 59.5 Å². The van der Waals surface area contributed by atoms with E-state index in [1.165, 1.54) is 0 Å². The van der Waals surface area contributed by atoms with Crippen LogP contribution in [-0.2, 0) is 14.3 Å². The molecule has 1 unspecified atom stereocenters. The van der Waals surface area contributed by atoms with Crippen molar-refractivity contribution in [2.75, 3.05) is 0 Å². The Kier molecular flexibility index (Phi) is 5.35. The number of dihydropyridines is 1. The van der Waals surface area contributed by atoms with Gasteiger partial charge in [-0.05, 0) is 50.3 Å². The van der Waals surface area contributed by atoms with Gasteiger partial charge in [-0.3, -0.25) is 4.79 Å². The summed E-state index contributed by atoms with van der Waals surface area (Å²) in [7, 11) is 0. The molecule has 0 spiro atoms. The fourth-order valence-electron chi connectivity index (χ4n) is 3.97. The zero-order valence-electron chi connectivity index (χ0n) is 16.5. The molecule has 1 N–H and O–H groups in total. The predicted molar refractivity (Wildman–Crippen MR) is 109 cm³/mol. The van der Waals surface area contributed by atoms with Gasteiger partial charge in [0.1, 0.15) is 0 Å². The fourth-order valence-corrected chi connectivity index (χ4v) is 4.24. The van der Waals surface area contributed by atoms with Gasteiger partial charge >= 0.3 is 5.97 Å². The molecule has 1 atom stereocenters. The molecule has 1 heterocycles. The Hall–Kier alpha value is -1.88. The number of halogens is 1. The molecule has 27 heavy (non-hydrogen) atoms. The number of Topliss-reactive ketones (excluding diaryl/α,β-unsaturated/α-hetero) is 1. The number of nitrogens with one attached hydrogen (secondary N) is 1. The molecule has 0 amide bonds. The Morgan fingerprint density at radius 1 is 1.22 bits per heavy atom. The lowest BCUT2D eigenvalue weighted by Crippen LogP contribution is -2.39. The zero-order chi connectivity index (χ0) is 19.9. The second-order valence-corrected chi connectivity index (χ2v) is 9.35. The standard InChI is InChI=1S/C22H26BrNO3/c1-12(2)27-21(26)18-13(3)24-16-10-22(4,5)11-17(25)20(16)19(18)14-6-8-15(23)9-7-14/h6-9,12,19,24H,10-11H2,1-5H3. The molecule has 1 aliphatic carbocycles. The highest BCUT2D eigenvalue weighted by molar-refractivity contribution is 9.10. The number of esters is 1. The third kappa shape index (κ3) is 4.03. The van der Waals surface area contributed by atoms with Gasteiger partial charge in [-0.25, -0.2) is 4.79 Å². The van der Waals surface area contributed by atoms with Crippen LogP contribution < -0.4 is 5.32 Å². The van der Waals surface area contributed by atoms with Gasteiger partial charge in [0, 0.05) is 33.8 Å². The number of benzene rings is 1. The highest BCUT2D eigenvalue weighted by Crippen LogP contribution is 2.46. The highest BCUT2D eigenvalue weighted by atomic mass is 79.9. The Morgan fingerprint density at radius 3 is 2.44 bits per heavy atom. The molecule has 5 heteroatoms. The third-order valence-electron chi connectivity index (χ3n) is 5.01. The first-order valence-corrected chi connectivity index (χ1v) is 10.1. The van der Waals surface area contributed by atoms with Crippen LogP contribution in [-0.4, -0.2) is 17.9 Å². The average Bonchev–Trinajstić information content (AvgIpc) is 2.52. The van der Waals surface area contributed by atoms with Crippen LogP contribution >= 0.6 is 15.9 Å². The second kappa shape index (κ2) is 7.27. The first-order valence-electron chi connectivity index (χ1n) is 9.29. The molecule has 1 aliphatic heterocycles. The molecule has 0 radical (unpaired) electrons. The summed E-state index contributed by atoms with van der Waals surface area (Å²) < 4.78 is 6.47. The molecule has 4 nitrogen and oxygen atoms in total. The number of carbonyl (C=O) groups excluding carboxylic acids is 2. The minimum atomic E-state index is -0.399. The molecular weight excluding hydrogens is 406 g/mol. The smallest absolute Gasteiger partial charge is 0.337 e. The summed E-state index contributed by atoms with van der Waals surface area (Å²) in [6.45, 7) is 9.76. The highest BCUT2D eigenvalue weighted by Gasteiger charge is 2.43. The summed E-state index contributed by atoms with van der Waals surface area (Å²) in [6.07, 6.45) is 1.04. The van der Waals surface area contributed by atoms with Crippen molar-refractivity contribution < 1.29 is 14.3 Å². The monoisotopic (exact) mass is 431 g/mol. The number of ether oxygens (including phenoxy) is 1. The molecule has 0 saturated carbocycles. The molecule has 3 rings (SSSR count). The van der Waals surface area contributed by atoms with Crippen LogP contribution in [0.5, 0.6) is 0 Å². The van der Waals surface area contributed by atoms with Gasteiger partial charge in [-0.2, -0.15) is 0 Å². The van der Waals surface area contributed by atoms with Crippen molar-refractivity contribution in [3.8, 4) is 0 Å². The van der Waals surface area contributed by atoms with Gasteiger partial charge in [-0.15, -0.1) is 0 Å². The summed E-state index contributed by atoms with van der Waals surface area (Å²) in [5.41, 5.74) is 3.76. The van der Waals surface area contributed by atoms with E-state index in [1.807, 2.05) is 45.0 Å². The molecule has 144 valence electrons. The van der Waals surface area contributed by atoms with Crippen molar-refractivity contribution in [3.05, 3.63) is 56.8 Å². The van der Waals surface area contributed by atoms with Gasteiger partial charge < -0.3 is 10.1 Å². The fraction of sp³-hybridized carbons (Fsp3) is 0.455. The van der Waals surface area contributed by atoms with Gasteiger partial charge in [0.25, 0.3) is 0 Å². The van der Waals surface area contributed by atoms with Crippen molar-refractivity contribution in [3.63, 3.8) is 0 Å². The number of hydrogen-bond acceptors (Lipinski definition) is 4. The predicted octanol–water partition coefficient (Wildman–Crippen LogP) is 5.00. The minimum Gasteiger partial charge on any atom is -0.460 e. The average molecular weight is 432 g/mol. The molecule has 0 saturated heterocycles. The van der Waals surface area contributed by atoms with Crippen LogP contribution in [0.15, 0.2) is 51.3 Å². The maximum absolute atomic E-state index is 13.1. The van der Waals surface area contributed by atoms with Gasteiger partial charge in [0.05, 0.1) is 11.7 Å². The Bertz CT molecular complexity index is 847. The van der Waals surface area contributed by atoms with Crippen LogP contribution in [0, 0.1) is 5.41 Å². The van der Waals surface area contributed by atoms with Crippen LogP contribution in [0.1, 0.15) is 58.9 Å². The molecule has 0 aromatic heterocycles. The lowest BCUT2D eigenvalue weighted by atomic mass is 9.68. The summed E-state index contributed by atoms with van der Waals surface area (Å²) in [6, 6.07) is 7.81. The summed E-state index contributed by atoms with van der Waals surface area (Å²) in [4.78, 5) is 26.0. The normalized spacial score (nSPS) is 21.9. The van der Waals surface area contributed by atoms with E-state index in [9.17, 15) is 9.59 Å². The molecule has 0 fully saturated rings. The Morgan fingerprint density at radius 2 is 1.85 bits per heavy atom. The van der Waals surface area contributed by atoms with Crippen LogP contribution in [0.3, 0.4) is 0 Å². The lowest BCUT2D eigenvalue weighted by Gasteiger charge is -2.39.